The molecule has 1 N–H and O–H groups in total. The van der Waals surface area contributed by atoms with Crippen molar-refractivity contribution >= 4 is 12.4 Å². The summed E-state index contributed by atoms with van der Waals surface area (Å²) in [5.74, 6) is 0.481. The minimum Gasteiger partial charge on any atom is -0.374 e. The highest BCUT2D eigenvalue weighted by Gasteiger charge is 2.30. The maximum atomic E-state index is 5.52. The molecule has 0 radical (unpaired) electrons. The highest BCUT2D eigenvalue weighted by atomic mass is 35.5. The van der Waals surface area contributed by atoms with E-state index in [1.807, 2.05) is 7.05 Å². The standard InChI is InChI=1S/C11H19NO.ClH/c1-11(13-3)8-5-4-6-10(11)7-9-12-2;/h4-6,8,10,12H,7,9H2,1-3H3;1H. The molecule has 1 aliphatic rings. The summed E-state index contributed by atoms with van der Waals surface area (Å²) < 4.78 is 5.52. The van der Waals surface area contributed by atoms with E-state index in [1.165, 1.54) is 0 Å². The summed E-state index contributed by atoms with van der Waals surface area (Å²) in [6.07, 6.45) is 9.62. The summed E-state index contributed by atoms with van der Waals surface area (Å²) in [4.78, 5) is 0. The van der Waals surface area contributed by atoms with Crippen LogP contribution in [0.4, 0.5) is 0 Å². The molecule has 0 aromatic carbocycles. The van der Waals surface area contributed by atoms with Crippen molar-refractivity contribution in [2.45, 2.75) is 18.9 Å². The maximum Gasteiger partial charge on any atom is 0.0896 e. The molecule has 0 amide bonds. The van der Waals surface area contributed by atoms with Crippen LogP contribution < -0.4 is 5.32 Å². The Kier molecular flexibility index (Phi) is 6.09. The Labute approximate surface area is 92.8 Å². The molecule has 14 heavy (non-hydrogen) atoms. The Morgan fingerprint density at radius 1 is 1.43 bits per heavy atom. The molecule has 0 heterocycles. The van der Waals surface area contributed by atoms with Crippen LogP contribution in [0.25, 0.3) is 0 Å². The van der Waals surface area contributed by atoms with E-state index in [9.17, 15) is 0 Å². The van der Waals surface area contributed by atoms with Gasteiger partial charge in [-0.15, -0.1) is 12.4 Å². The Hall–Kier alpha value is -0.310. The van der Waals surface area contributed by atoms with Crippen molar-refractivity contribution in [1.82, 2.24) is 5.32 Å². The van der Waals surface area contributed by atoms with Crippen LogP contribution in [0.3, 0.4) is 0 Å². The molecule has 2 unspecified atom stereocenters. The van der Waals surface area contributed by atoms with Crippen molar-refractivity contribution < 1.29 is 4.74 Å². The number of allylic oxidation sites excluding steroid dienone is 2. The summed E-state index contributed by atoms with van der Waals surface area (Å²) in [6.45, 7) is 3.16. The summed E-state index contributed by atoms with van der Waals surface area (Å²) in [7, 11) is 3.75. The molecule has 0 saturated heterocycles. The van der Waals surface area contributed by atoms with Crippen molar-refractivity contribution in [3.05, 3.63) is 24.3 Å². The first-order valence-electron chi connectivity index (χ1n) is 4.78. The van der Waals surface area contributed by atoms with Crippen molar-refractivity contribution in [2.24, 2.45) is 5.92 Å². The predicted molar refractivity (Wildman–Crippen MR) is 63.0 cm³/mol. The molecule has 3 heteroatoms. The van der Waals surface area contributed by atoms with E-state index in [1.54, 1.807) is 7.11 Å². The lowest BCUT2D eigenvalue weighted by molar-refractivity contribution is 0.0101. The van der Waals surface area contributed by atoms with E-state index in [2.05, 4.69) is 36.5 Å². The monoisotopic (exact) mass is 217 g/mol. The molecule has 0 aromatic heterocycles. The predicted octanol–water partition coefficient (Wildman–Crippen LogP) is 2.17. The number of halogens is 1. The molecule has 2 nitrogen and oxygen atoms in total. The van der Waals surface area contributed by atoms with E-state index < -0.39 is 0 Å². The number of methoxy groups -OCH3 is 1. The minimum atomic E-state index is -0.119. The molecule has 0 aromatic rings. The fourth-order valence-corrected chi connectivity index (χ4v) is 1.66. The van der Waals surface area contributed by atoms with Gasteiger partial charge in [0.25, 0.3) is 0 Å². The Morgan fingerprint density at radius 2 is 2.14 bits per heavy atom. The molecule has 82 valence electrons. The van der Waals surface area contributed by atoms with Gasteiger partial charge in [-0.05, 0) is 26.9 Å². The Morgan fingerprint density at radius 3 is 2.71 bits per heavy atom. The second-order valence-corrected chi connectivity index (χ2v) is 3.63. The number of ether oxygens (including phenoxy) is 1. The third kappa shape index (κ3) is 3.12. The summed E-state index contributed by atoms with van der Waals surface area (Å²) in [6, 6.07) is 0. The normalized spacial score (nSPS) is 30.1. The van der Waals surface area contributed by atoms with Crippen LogP contribution in [-0.2, 0) is 4.74 Å². The van der Waals surface area contributed by atoms with Gasteiger partial charge < -0.3 is 10.1 Å². The molecular formula is C11H20ClNO. The minimum absolute atomic E-state index is 0. The lowest BCUT2D eigenvalue weighted by Gasteiger charge is -2.33. The zero-order valence-corrected chi connectivity index (χ0v) is 9.93. The summed E-state index contributed by atoms with van der Waals surface area (Å²) in [5, 5.41) is 3.16. The van der Waals surface area contributed by atoms with E-state index in [-0.39, 0.29) is 18.0 Å². The van der Waals surface area contributed by atoms with Gasteiger partial charge in [-0.1, -0.05) is 24.3 Å². The van der Waals surface area contributed by atoms with Gasteiger partial charge in [-0.25, -0.2) is 0 Å². The number of hydrogen-bond acceptors (Lipinski definition) is 2. The Bertz CT molecular complexity index is 215. The van der Waals surface area contributed by atoms with Gasteiger partial charge in [0.15, 0.2) is 0 Å². The molecule has 0 fully saturated rings. The molecular weight excluding hydrogens is 198 g/mol. The van der Waals surface area contributed by atoms with Gasteiger partial charge >= 0.3 is 0 Å². The Balaban J connectivity index is 0.00000169. The highest BCUT2D eigenvalue weighted by molar-refractivity contribution is 5.85. The largest absolute Gasteiger partial charge is 0.374 e. The second kappa shape index (κ2) is 6.23. The van der Waals surface area contributed by atoms with E-state index in [4.69, 9.17) is 4.74 Å². The second-order valence-electron chi connectivity index (χ2n) is 3.63. The van der Waals surface area contributed by atoms with E-state index in [0.29, 0.717) is 5.92 Å². The lowest BCUT2D eigenvalue weighted by Crippen LogP contribution is -2.36. The molecule has 0 saturated carbocycles. The first-order chi connectivity index (χ1) is 6.23. The van der Waals surface area contributed by atoms with E-state index in [0.717, 1.165) is 13.0 Å². The third-order valence-corrected chi connectivity index (χ3v) is 2.76. The van der Waals surface area contributed by atoms with Crippen molar-refractivity contribution in [2.75, 3.05) is 20.7 Å². The molecule has 1 rings (SSSR count). The average molecular weight is 218 g/mol. The average Bonchev–Trinajstić information content (AvgIpc) is 2.17. The van der Waals surface area contributed by atoms with Gasteiger partial charge in [0.2, 0.25) is 0 Å². The number of rotatable bonds is 4. The van der Waals surface area contributed by atoms with Crippen molar-refractivity contribution in [3.8, 4) is 0 Å². The van der Waals surface area contributed by atoms with Crippen LogP contribution in [0.2, 0.25) is 0 Å². The van der Waals surface area contributed by atoms with Gasteiger partial charge in [0.1, 0.15) is 0 Å². The number of hydrogen-bond donors (Lipinski definition) is 1. The zero-order chi connectivity index (χ0) is 9.73. The van der Waals surface area contributed by atoms with Crippen LogP contribution in [0.15, 0.2) is 24.3 Å². The van der Waals surface area contributed by atoms with E-state index >= 15 is 0 Å². The van der Waals surface area contributed by atoms with Crippen molar-refractivity contribution in [1.29, 1.82) is 0 Å². The fraction of sp³-hybridized carbons (Fsp3) is 0.636. The van der Waals surface area contributed by atoms with Gasteiger partial charge in [-0.3, -0.25) is 0 Å². The first kappa shape index (κ1) is 13.7. The lowest BCUT2D eigenvalue weighted by atomic mass is 9.83. The summed E-state index contributed by atoms with van der Waals surface area (Å²) >= 11 is 0. The third-order valence-electron chi connectivity index (χ3n) is 2.76. The number of nitrogens with one attached hydrogen (secondary N) is 1. The van der Waals surface area contributed by atoms with Gasteiger partial charge in [0, 0.05) is 13.0 Å². The first-order valence-corrected chi connectivity index (χ1v) is 4.78. The topological polar surface area (TPSA) is 21.3 Å². The highest BCUT2D eigenvalue weighted by Crippen LogP contribution is 2.29. The molecule has 0 aliphatic heterocycles. The van der Waals surface area contributed by atoms with Crippen LogP contribution in [-0.4, -0.2) is 26.3 Å². The van der Waals surface area contributed by atoms with Crippen LogP contribution in [0.1, 0.15) is 13.3 Å². The quantitative estimate of drug-likeness (QED) is 0.780. The van der Waals surface area contributed by atoms with Crippen LogP contribution >= 0.6 is 12.4 Å². The molecule has 0 spiro atoms. The van der Waals surface area contributed by atoms with Gasteiger partial charge in [-0.2, -0.15) is 0 Å². The molecule has 1 aliphatic carbocycles. The SMILES string of the molecule is CNCCC1C=CC=CC1(C)OC.Cl. The van der Waals surface area contributed by atoms with Crippen LogP contribution in [0.5, 0.6) is 0 Å². The zero-order valence-electron chi connectivity index (χ0n) is 9.12. The summed E-state index contributed by atoms with van der Waals surface area (Å²) in [5.41, 5.74) is -0.119. The van der Waals surface area contributed by atoms with Gasteiger partial charge in [0.05, 0.1) is 5.60 Å². The molecule has 0 bridgehead atoms. The van der Waals surface area contributed by atoms with Crippen molar-refractivity contribution in [3.63, 3.8) is 0 Å². The smallest absolute Gasteiger partial charge is 0.0896 e. The maximum absolute atomic E-state index is 5.52. The van der Waals surface area contributed by atoms with Crippen LogP contribution in [0, 0.1) is 5.92 Å². The fourth-order valence-electron chi connectivity index (χ4n) is 1.66. The molecule has 2 atom stereocenters.